The lowest BCUT2D eigenvalue weighted by molar-refractivity contribution is 1.30. The molecule has 0 amide bonds. The molecule has 0 radical (unpaired) electrons. The SMILES string of the molecule is Cc1ccc(-c2nc3ccc4ccccc4c3nc2-c2ccccc2)cc1. The maximum atomic E-state index is 5.11. The fraction of sp³-hybridized carbons (Fsp3) is 0.0400. The maximum absolute atomic E-state index is 5.11. The first kappa shape index (κ1) is 15.7. The van der Waals surface area contributed by atoms with Crippen LogP contribution < -0.4 is 0 Å². The van der Waals surface area contributed by atoms with Crippen molar-refractivity contribution < 1.29 is 0 Å². The third kappa shape index (κ3) is 2.76. The van der Waals surface area contributed by atoms with Gasteiger partial charge in [0.1, 0.15) is 0 Å². The van der Waals surface area contributed by atoms with E-state index in [1.54, 1.807) is 0 Å². The monoisotopic (exact) mass is 346 g/mol. The van der Waals surface area contributed by atoms with Gasteiger partial charge in [-0.05, 0) is 18.4 Å². The molecule has 0 aliphatic rings. The molecule has 0 bridgehead atoms. The molecule has 27 heavy (non-hydrogen) atoms. The highest BCUT2D eigenvalue weighted by molar-refractivity contribution is 6.05. The number of hydrogen-bond acceptors (Lipinski definition) is 2. The Balaban J connectivity index is 1.87. The number of aromatic nitrogens is 2. The van der Waals surface area contributed by atoms with E-state index in [1.165, 1.54) is 10.9 Å². The van der Waals surface area contributed by atoms with Gasteiger partial charge in [0.05, 0.1) is 22.4 Å². The number of fused-ring (bicyclic) bond motifs is 3. The maximum Gasteiger partial charge on any atom is 0.0973 e. The molecule has 1 aromatic heterocycles. The number of aryl methyl sites for hydroxylation is 1. The molecule has 0 unspecified atom stereocenters. The zero-order valence-electron chi connectivity index (χ0n) is 15.1. The van der Waals surface area contributed by atoms with Crippen molar-refractivity contribution in [1.29, 1.82) is 0 Å². The summed E-state index contributed by atoms with van der Waals surface area (Å²) in [5.41, 5.74) is 7.11. The second kappa shape index (κ2) is 6.33. The lowest BCUT2D eigenvalue weighted by atomic mass is 10.0. The highest BCUT2D eigenvalue weighted by Gasteiger charge is 2.14. The summed E-state index contributed by atoms with van der Waals surface area (Å²) in [6.45, 7) is 2.10. The Kier molecular flexibility index (Phi) is 3.68. The first-order valence-electron chi connectivity index (χ1n) is 9.11. The van der Waals surface area contributed by atoms with Crippen LogP contribution in [-0.4, -0.2) is 9.97 Å². The van der Waals surface area contributed by atoms with E-state index < -0.39 is 0 Å². The molecule has 5 aromatic rings. The molecule has 5 rings (SSSR count). The second-order valence-corrected chi connectivity index (χ2v) is 6.81. The number of benzene rings is 4. The summed E-state index contributed by atoms with van der Waals surface area (Å²) in [5, 5.41) is 2.32. The summed E-state index contributed by atoms with van der Waals surface area (Å²) in [5.74, 6) is 0. The quantitative estimate of drug-likeness (QED) is 0.344. The molecule has 0 N–H and O–H groups in total. The third-order valence-electron chi connectivity index (χ3n) is 4.93. The third-order valence-corrected chi connectivity index (χ3v) is 4.93. The molecule has 128 valence electrons. The summed E-state index contributed by atoms with van der Waals surface area (Å²) in [6.07, 6.45) is 0. The van der Waals surface area contributed by atoms with Gasteiger partial charge in [0.2, 0.25) is 0 Å². The van der Waals surface area contributed by atoms with Gasteiger partial charge in [-0.3, -0.25) is 0 Å². The van der Waals surface area contributed by atoms with Crippen molar-refractivity contribution in [2.24, 2.45) is 0 Å². The van der Waals surface area contributed by atoms with Gasteiger partial charge in [-0.2, -0.15) is 0 Å². The molecule has 0 aliphatic carbocycles. The molecule has 0 aliphatic heterocycles. The van der Waals surface area contributed by atoms with Crippen LogP contribution in [0.1, 0.15) is 5.56 Å². The van der Waals surface area contributed by atoms with Gasteiger partial charge < -0.3 is 0 Å². The van der Waals surface area contributed by atoms with Crippen LogP contribution in [-0.2, 0) is 0 Å². The Labute approximate surface area is 158 Å². The lowest BCUT2D eigenvalue weighted by Gasteiger charge is -2.12. The first-order chi connectivity index (χ1) is 13.3. The minimum atomic E-state index is 0.920. The van der Waals surface area contributed by atoms with Gasteiger partial charge in [-0.25, -0.2) is 9.97 Å². The summed E-state index contributed by atoms with van der Waals surface area (Å²) in [4.78, 5) is 10.1. The summed E-state index contributed by atoms with van der Waals surface area (Å²) < 4.78 is 0. The van der Waals surface area contributed by atoms with Crippen molar-refractivity contribution in [2.45, 2.75) is 6.92 Å². The Morgan fingerprint density at radius 3 is 2.04 bits per heavy atom. The smallest absolute Gasteiger partial charge is 0.0973 e. The van der Waals surface area contributed by atoms with E-state index in [2.05, 4.69) is 79.7 Å². The summed E-state index contributed by atoms with van der Waals surface area (Å²) in [6, 6.07) is 31.3. The highest BCUT2D eigenvalue weighted by Crippen LogP contribution is 2.33. The average Bonchev–Trinajstić information content (AvgIpc) is 2.74. The Morgan fingerprint density at radius 2 is 1.22 bits per heavy atom. The van der Waals surface area contributed by atoms with Crippen molar-refractivity contribution in [2.75, 3.05) is 0 Å². The minimum Gasteiger partial charge on any atom is -0.244 e. The number of nitrogens with zero attached hydrogens (tertiary/aromatic N) is 2. The van der Waals surface area contributed by atoms with E-state index in [0.717, 1.165) is 38.9 Å². The van der Waals surface area contributed by atoms with E-state index in [9.17, 15) is 0 Å². The van der Waals surface area contributed by atoms with Gasteiger partial charge >= 0.3 is 0 Å². The molecule has 4 aromatic carbocycles. The van der Waals surface area contributed by atoms with Gasteiger partial charge in [-0.1, -0.05) is 90.5 Å². The van der Waals surface area contributed by atoms with Gasteiger partial charge in [0.25, 0.3) is 0 Å². The van der Waals surface area contributed by atoms with Crippen LogP contribution in [0.25, 0.3) is 44.3 Å². The largest absolute Gasteiger partial charge is 0.244 e. The van der Waals surface area contributed by atoms with Crippen LogP contribution in [0.2, 0.25) is 0 Å². The Hall–Kier alpha value is -3.52. The molecule has 0 spiro atoms. The van der Waals surface area contributed by atoms with Crippen molar-refractivity contribution in [3.63, 3.8) is 0 Å². The minimum absolute atomic E-state index is 0.920. The topological polar surface area (TPSA) is 25.8 Å². The predicted octanol–water partition coefficient (Wildman–Crippen LogP) is 6.43. The van der Waals surface area contributed by atoms with Gasteiger partial charge in [-0.15, -0.1) is 0 Å². The van der Waals surface area contributed by atoms with Crippen LogP contribution in [0.4, 0.5) is 0 Å². The van der Waals surface area contributed by atoms with Gasteiger partial charge in [0, 0.05) is 16.5 Å². The van der Waals surface area contributed by atoms with Crippen molar-refractivity contribution in [1.82, 2.24) is 9.97 Å². The van der Waals surface area contributed by atoms with E-state index >= 15 is 0 Å². The van der Waals surface area contributed by atoms with Crippen molar-refractivity contribution in [3.8, 4) is 22.5 Å². The molecule has 0 saturated carbocycles. The lowest BCUT2D eigenvalue weighted by Crippen LogP contribution is -1.96. The van der Waals surface area contributed by atoms with Crippen molar-refractivity contribution >= 4 is 21.8 Å². The van der Waals surface area contributed by atoms with Crippen LogP contribution in [0.3, 0.4) is 0 Å². The molecule has 0 saturated heterocycles. The van der Waals surface area contributed by atoms with Crippen molar-refractivity contribution in [3.05, 3.63) is 96.6 Å². The second-order valence-electron chi connectivity index (χ2n) is 6.81. The molecule has 2 nitrogen and oxygen atoms in total. The van der Waals surface area contributed by atoms with E-state index in [0.29, 0.717) is 0 Å². The van der Waals surface area contributed by atoms with E-state index in [4.69, 9.17) is 9.97 Å². The summed E-state index contributed by atoms with van der Waals surface area (Å²) in [7, 11) is 0. The highest BCUT2D eigenvalue weighted by atomic mass is 14.8. The molecular formula is C25H18N2. The number of rotatable bonds is 2. The van der Waals surface area contributed by atoms with Crippen LogP contribution in [0.15, 0.2) is 91.0 Å². The van der Waals surface area contributed by atoms with Gasteiger partial charge in [0.15, 0.2) is 0 Å². The first-order valence-corrected chi connectivity index (χ1v) is 9.11. The molecule has 0 fully saturated rings. The Morgan fingerprint density at radius 1 is 0.556 bits per heavy atom. The van der Waals surface area contributed by atoms with Crippen LogP contribution in [0, 0.1) is 6.92 Å². The number of hydrogen-bond donors (Lipinski definition) is 0. The van der Waals surface area contributed by atoms with E-state index in [1.807, 2.05) is 18.2 Å². The normalized spacial score (nSPS) is 11.1. The molecule has 2 heteroatoms. The Bertz CT molecular complexity index is 1260. The zero-order valence-corrected chi connectivity index (χ0v) is 15.1. The molecular weight excluding hydrogens is 328 g/mol. The zero-order chi connectivity index (χ0) is 18.2. The van der Waals surface area contributed by atoms with Crippen LogP contribution >= 0.6 is 0 Å². The fourth-order valence-corrected chi connectivity index (χ4v) is 3.50. The van der Waals surface area contributed by atoms with E-state index in [-0.39, 0.29) is 0 Å². The predicted molar refractivity (Wildman–Crippen MR) is 113 cm³/mol. The molecule has 0 atom stereocenters. The molecule has 1 heterocycles. The van der Waals surface area contributed by atoms with Crippen LogP contribution in [0.5, 0.6) is 0 Å². The standard InChI is InChI=1S/C25H18N2/c1-17-11-13-20(14-12-17)23-24(19-8-3-2-4-9-19)27-25-21-10-6-5-7-18(21)15-16-22(25)26-23/h2-16H,1H3. The fourth-order valence-electron chi connectivity index (χ4n) is 3.50. The average molecular weight is 346 g/mol. The summed E-state index contributed by atoms with van der Waals surface area (Å²) >= 11 is 0.